The zero-order valence-corrected chi connectivity index (χ0v) is 20.2. The maximum absolute atomic E-state index is 13.5. The van der Waals surface area contributed by atoms with Crippen molar-refractivity contribution in [3.63, 3.8) is 0 Å². The normalized spacial score (nSPS) is 13.5. The Labute approximate surface area is 207 Å². The van der Waals surface area contributed by atoms with Crippen LogP contribution in [0.1, 0.15) is 34.3 Å². The second-order valence-electron chi connectivity index (χ2n) is 8.42. The molecule has 0 N–H and O–H groups in total. The van der Waals surface area contributed by atoms with Crippen molar-refractivity contribution in [3.05, 3.63) is 105 Å². The van der Waals surface area contributed by atoms with Crippen LogP contribution in [0, 0.1) is 0 Å². The third-order valence-electron chi connectivity index (χ3n) is 6.00. The number of carbonyl (C=O) groups is 1. The van der Waals surface area contributed by atoms with E-state index in [1.54, 1.807) is 22.8 Å². The Morgan fingerprint density at radius 2 is 1.71 bits per heavy atom. The standard InChI is InChI=1S/C27H24ClN3O2S/c28-22-10-6-9-20(15-22)18-34-27-29-24-16-21(25(32)30-13-4-5-14-30)11-12-23(24)26(33)31(27)17-19-7-2-1-3-8-19/h1-3,6-12,15-16H,4-5,13-14,17-18H2. The number of likely N-dealkylation sites (tertiary alicyclic amines) is 1. The molecule has 5 nitrogen and oxygen atoms in total. The van der Waals surface area contributed by atoms with Gasteiger partial charge in [-0.3, -0.25) is 14.2 Å². The fraction of sp³-hybridized carbons (Fsp3) is 0.222. The highest BCUT2D eigenvalue weighted by molar-refractivity contribution is 7.98. The van der Waals surface area contributed by atoms with E-state index < -0.39 is 0 Å². The lowest BCUT2D eigenvalue weighted by molar-refractivity contribution is 0.0793. The SMILES string of the molecule is O=C(c1ccc2c(=O)n(Cc3ccccc3)c(SCc3cccc(Cl)c3)nc2c1)N1CCCC1. The van der Waals surface area contributed by atoms with E-state index >= 15 is 0 Å². The van der Waals surface area contributed by atoms with E-state index in [1.165, 1.54) is 11.8 Å². The fourth-order valence-corrected chi connectivity index (χ4v) is 5.38. The van der Waals surface area contributed by atoms with Crippen molar-refractivity contribution in [2.75, 3.05) is 13.1 Å². The second-order valence-corrected chi connectivity index (χ2v) is 9.80. The van der Waals surface area contributed by atoms with Gasteiger partial charge >= 0.3 is 0 Å². The van der Waals surface area contributed by atoms with Crippen molar-refractivity contribution >= 4 is 40.2 Å². The lowest BCUT2D eigenvalue weighted by Gasteiger charge is -2.16. The molecule has 1 amide bonds. The third kappa shape index (κ3) is 4.88. The Morgan fingerprint density at radius 3 is 2.47 bits per heavy atom. The van der Waals surface area contributed by atoms with Gasteiger partial charge in [-0.1, -0.05) is 65.8 Å². The largest absolute Gasteiger partial charge is 0.339 e. The van der Waals surface area contributed by atoms with Gasteiger partial charge in [0.15, 0.2) is 5.16 Å². The molecular weight excluding hydrogens is 466 g/mol. The first kappa shape index (κ1) is 22.7. The number of carbonyl (C=O) groups excluding carboxylic acids is 1. The number of hydrogen-bond donors (Lipinski definition) is 0. The quantitative estimate of drug-likeness (QED) is 0.260. The molecule has 1 saturated heterocycles. The van der Waals surface area contributed by atoms with Crippen molar-refractivity contribution in [2.45, 2.75) is 30.3 Å². The van der Waals surface area contributed by atoms with Crippen LogP contribution >= 0.6 is 23.4 Å². The van der Waals surface area contributed by atoms with Gasteiger partial charge in [-0.15, -0.1) is 0 Å². The van der Waals surface area contributed by atoms with Crippen LogP contribution in [0.25, 0.3) is 10.9 Å². The number of hydrogen-bond acceptors (Lipinski definition) is 4. The minimum absolute atomic E-state index is 0.00259. The first-order chi connectivity index (χ1) is 16.6. The van der Waals surface area contributed by atoms with E-state index in [0.717, 1.165) is 37.1 Å². The van der Waals surface area contributed by atoms with Gasteiger partial charge in [0.25, 0.3) is 11.5 Å². The number of rotatable bonds is 6. The molecule has 0 bridgehead atoms. The van der Waals surface area contributed by atoms with Crippen molar-refractivity contribution in [2.24, 2.45) is 0 Å². The highest BCUT2D eigenvalue weighted by atomic mass is 35.5. The topological polar surface area (TPSA) is 55.2 Å². The van der Waals surface area contributed by atoms with Gasteiger partial charge in [0.2, 0.25) is 0 Å². The Bertz CT molecular complexity index is 1400. The number of nitrogens with zero attached hydrogens (tertiary/aromatic N) is 3. The fourth-order valence-electron chi connectivity index (χ4n) is 4.23. The lowest BCUT2D eigenvalue weighted by atomic mass is 10.1. The molecule has 172 valence electrons. The van der Waals surface area contributed by atoms with E-state index in [9.17, 15) is 9.59 Å². The Balaban J connectivity index is 1.55. The smallest absolute Gasteiger partial charge is 0.262 e. The van der Waals surface area contributed by atoms with Crippen LogP contribution in [0.15, 0.2) is 82.7 Å². The molecule has 1 aromatic heterocycles. The van der Waals surface area contributed by atoms with Gasteiger partial charge in [-0.25, -0.2) is 4.98 Å². The molecule has 1 fully saturated rings. The van der Waals surface area contributed by atoms with E-state index in [2.05, 4.69) is 0 Å². The van der Waals surface area contributed by atoms with Crippen LogP contribution in [-0.2, 0) is 12.3 Å². The van der Waals surface area contributed by atoms with Crippen LogP contribution in [0.4, 0.5) is 0 Å². The van der Waals surface area contributed by atoms with Crippen LogP contribution in [0.2, 0.25) is 5.02 Å². The molecular formula is C27H24ClN3O2S. The van der Waals surface area contributed by atoms with Crippen molar-refractivity contribution < 1.29 is 4.79 Å². The Kier molecular flexibility index (Phi) is 6.70. The molecule has 1 aliphatic rings. The molecule has 0 saturated carbocycles. The van der Waals surface area contributed by atoms with Crippen molar-refractivity contribution in [1.29, 1.82) is 0 Å². The molecule has 0 atom stereocenters. The van der Waals surface area contributed by atoms with E-state index in [4.69, 9.17) is 16.6 Å². The van der Waals surface area contributed by atoms with Crippen LogP contribution in [-0.4, -0.2) is 33.4 Å². The summed E-state index contributed by atoms with van der Waals surface area (Å²) in [6.07, 6.45) is 2.07. The summed E-state index contributed by atoms with van der Waals surface area (Å²) < 4.78 is 1.72. The average molecular weight is 490 g/mol. The van der Waals surface area contributed by atoms with Crippen LogP contribution < -0.4 is 5.56 Å². The van der Waals surface area contributed by atoms with Gasteiger partial charge in [-0.2, -0.15) is 0 Å². The predicted octanol–water partition coefficient (Wildman–Crippen LogP) is 5.63. The molecule has 0 aliphatic carbocycles. The molecule has 2 heterocycles. The molecule has 0 spiro atoms. The first-order valence-corrected chi connectivity index (χ1v) is 12.7. The molecule has 0 radical (unpaired) electrons. The van der Waals surface area contributed by atoms with Crippen molar-refractivity contribution in [1.82, 2.24) is 14.5 Å². The van der Waals surface area contributed by atoms with E-state index in [0.29, 0.717) is 38.9 Å². The summed E-state index contributed by atoms with van der Waals surface area (Å²) in [5.41, 5.74) is 3.09. The summed E-state index contributed by atoms with van der Waals surface area (Å²) in [5, 5.41) is 1.81. The molecule has 3 aromatic carbocycles. The van der Waals surface area contributed by atoms with Gasteiger partial charge in [0.1, 0.15) is 0 Å². The number of amides is 1. The lowest BCUT2D eigenvalue weighted by Crippen LogP contribution is -2.28. The molecule has 7 heteroatoms. The number of benzene rings is 3. The van der Waals surface area contributed by atoms with Gasteiger partial charge < -0.3 is 4.90 Å². The highest BCUT2D eigenvalue weighted by Gasteiger charge is 2.21. The molecule has 5 rings (SSSR count). The molecule has 34 heavy (non-hydrogen) atoms. The second kappa shape index (κ2) is 10.0. The highest BCUT2D eigenvalue weighted by Crippen LogP contribution is 2.25. The summed E-state index contributed by atoms with van der Waals surface area (Å²) >= 11 is 7.65. The summed E-state index contributed by atoms with van der Waals surface area (Å²) in [5.74, 6) is 0.627. The summed E-state index contributed by atoms with van der Waals surface area (Å²) in [6.45, 7) is 1.99. The van der Waals surface area contributed by atoms with Gasteiger partial charge in [0.05, 0.1) is 17.4 Å². The predicted molar refractivity (Wildman–Crippen MR) is 138 cm³/mol. The van der Waals surface area contributed by atoms with E-state index in [1.807, 2.05) is 59.5 Å². The Hall–Kier alpha value is -3.09. The zero-order valence-electron chi connectivity index (χ0n) is 18.6. The average Bonchev–Trinajstić information content (AvgIpc) is 3.40. The zero-order chi connectivity index (χ0) is 23.5. The molecule has 0 unspecified atom stereocenters. The number of fused-ring (bicyclic) bond motifs is 1. The minimum Gasteiger partial charge on any atom is -0.339 e. The summed E-state index contributed by atoms with van der Waals surface area (Å²) in [4.78, 5) is 33.2. The van der Waals surface area contributed by atoms with E-state index in [-0.39, 0.29) is 11.5 Å². The third-order valence-corrected chi connectivity index (χ3v) is 7.28. The first-order valence-electron chi connectivity index (χ1n) is 11.3. The molecule has 4 aromatic rings. The van der Waals surface area contributed by atoms with Crippen LogP contribution in [0.5, 0.6) is 0 Å². The number of thioether (sulfide) groups is 1. The number of halogens is 1. The summed E-state index contributed by atoms with van der Waals surface area (Å²) in [7, 11) is 0. The van der Waals surface area contributed by atoms with Crippen LogP contribution in [0.3, 0.4) is 0 Å². The Morgan fingerprint density at radius 1 is 0.941 bits per heavy atom. The number of aromatic nitrogens is 2. The maximum Gasteiger partial charge on any atom is 0.262 e. The summed E-state index contributed by atoms with van der Waals surface area (Å²) in [6, 6.07) is 22.8. The van der Waals surface area contributed by atoms with Gasteiger partial charge in [-0.05, 0) is 54.3 Å². The monoisotopic (exact) mass is 489 g/mol. The minimum atomic E-state index is -0.109. The van der Waals surface area contributed by atoms with Crippen molar-refractivity contribution in [3.8, 4) is 0 Å². The molecule has 1 aliphatic heterocycles. The maximum atomic E-state index is 13.5. The van der Waals surface area contributed by atoms with Gasteiger partial charge in [0, 0.05) is 29.4 Å².